The first kappa shape index (κ1) is 24.2. The number of nitrogens with one attached hydrogen (secondary N) is 2. The van der Waals surface area contributed by atoms with Crippen molar-refractivity contribution >= 4 is 23.7 Å². The number of fused-ring (bicyclic) bond motifs is 4. The zero-order valence-corrected chi connectivity index (χ0v) is 19.8. The molecule has 1 aromatic heterocycles. The van der Waals surface area contributed by atoms with Gasteiger partial charge in [0.2, 0.25) is 5.91 Å². The van der Waals surface area contributed by atoms with E-state index in [2.05, 4.69) is 10.6 Å². The third-order valence-corrected chi connectivity index (χ3v) is 7.39. The molecule has 3 aliphatic rings. The average Bonchev–Trinajstić information content (AvgIpc) is 3.65. The van der Waals surface area contributed by atoms with Crippen molar-refractivity contribution in [2.45, 2.75) is 38.4 Å². The van der Waals surface area contributed by atoms with Gasteiger partial charge in [0.1, 0.15) is 11.6 Å². The van der Waals surface area contributed by atoms with Crippen LogP contribution in [0.25, 0.3) is 6.08 Å². The number of allylic oxidation sites excluding steroid dienone is 1. The van der Waals surface area contributed by atoms with Crippen LogP contribution in [0.3, 0.4) is 0 Å². The number of nitrogens with zero attached hydrogens (tertiary/aromatic N) is 2. The molecular formula is C26H28F2N4O4. The third-order valence-electron chi connectivity index (χ3n) is 7.39. The van der Waals surface area contributed by atoms with Gasteiger partial charge in [0, 0.05) is 42.9 Å². The Kier molecular flexibility index (Phi) is 6.38. The molecule has 3 amide bonds. The van der Waals surface area contributed by atoms with Gasteiger partial charge in [-0.2, -0.15) is 0 Å². The number of hydrogen-bond donors (Lipinski definition) is 3. The Hall–Kier alpha value is -3.53. The molecule has 2 fully saturated rings. The monoisotopic (exact) mass is 498 g/mol. The van der Waals surface area contributed by atoms with Gasteiger partial charge in [0.15, 0.2) is 0 Å². The number of amides is 3. The molecule has 1 saturated heterocycles. The molecule has 190 valence electrons. The molecule has 8 nitrogen and oxygen atoms in total. The quantitative estimate of drug-likeness (QED) is 0.570. The first-order chi connectivity index (χ1) is 17.3. The van der Waals surface area contributed by atoms with E-state index in [4.69, 9.17) is 0 Å². The van der Waals surface area contributed by atoms with Crippen LogP contribution < -0.4 is 16.2 Å². The summed E-state index contributed by atoms with van der Waals surface area (Å²) in [4.78, 5) is 41.5. The molecule has 5 rings (SSSR count). The van der Waals surface area contributed by atoms with Crippen LogP contribution in [0.15, 0.2) is 41.2 Å². The Morgan fingerprint density at radius 2 is 1.97 bits per heavy atom. The molecule has 10 heteroatoms. The number of aromatic nitrogens is 1. The minimum Gasteiger partial charge on any atom is -0.396 e. The summed E-state index contributed by atoms with van der Waals surface area (Å²) in [6.07, 6.45) is 5.52. The number of halogens is 2. The van der Waals surface area contributed by atoms with E-state index >= 15 is 0 Å². The number of urea groups is 1. The van der Waals surface area contributed by atoms with Crippen molar-refractivity contribution in [3.05, 3.63) is 69.7 Å². The number of carbonyl (C=O) groups is 2. The molecule has 2 bridgehead atoms. The van der Waals surface area contributed by atoms with Crippen LogP contribution in [0.4, 0.5) is 19.3 Å². The minimum absolute atomic E-state index is 0.0622. The maximum absolute atomic E-state index is 14.3. The molecule has 3 heterocycles. The standard InChI is InChI=1S/C26H28F2N4O4/c1-2-3-15-6-9-20-23-22(24(34)29-11-14-4-5-14)17(13-33)21(12-31(20)25(15)35)32(23)26(36)30-19-10-16(27)7-8-18(19)28/h2-3,6-10,14,17,21-23,33H,4-5,11-13H2,1H3,(H,29,34)(H,30,36)/b3-2+/t17-,21-,22+,23+/m0/s1. The summed E-state index contributed by atoms with van der Waals surface area (Å²) in [5, 5.41) is 15.7. The second-order valence-electron chi connectivity index (χ2n) is 9.66. The molecule has 3 N–H and O–H groups in total. The van der Waals surface area contributed by atoms with Crippen LogP contribution in [-0.2, 0) is 11.3 Å². The maximum atomic E-state index is 14.3. The fourth-order valence-electron chi connectivity index (χ4n) is 5.47. The highest BCUT2D eigenvalue weighted by molar-refractivity contribution is 5.92. The van der Waals surface area contributed by atoms with E-state index < -0.39 is 41.6 Å². The smallest absolute Gasteiger partial charge is 0.322 e. The molecular weight excluding hydrogens is 470 g/mol. The van der Waals surface area contributed by atoms with Gasteiger partial charge in [-0.05, 0) is 49.9 Å². The molecule has 2 aliphatic heterocycles. The third kappa shape index (κ3) is 4.19. The summed E-state index contributed by atoms with van der Waals surface area (Å²) in [6, 6.07) is 3.78. The van der Waals surface area contributed by atoms with Crippen LogP contribution in [0.1, 0.15) is 37.1 Å². The highest BCUT2D eigenvalue weighted by Gasteiger charge is 2.57. The number of rotatable bonds is 6. The van der Waals surface area contributed by atoms with Crippen molar-refractivity contribution in [1.82, 2.24) is 14.8 Å². The van der Waals surface area contributed by atoms with Gasteiger partial charge >= 0.3 is 6.03 Å². The zero-order chi connectivity index (χ0) is 25.6. The Balaban J connectivity index is 1.56. The van der Waals surface area contributed by atoms with Crippen molar-refractivity contribution in [1.29, 1.82) is 0 Å². The van der Waals surface area contributed by atoms with Crippen molar-refractivity contribution in [2.24, 2.45) is 17.8 Å². The summed E-state index contributed by atoms with van der Waals surface area (Å²) in [5.41, 5.74) is 0.339. The molecule has 1 aliphatic carbocycles. The Morgan fingerprint density at radius 3 is 2.67 bits per heavy atom. The van der Waals surface area contributed by atoms with Gasteiger partial charge in [0.25, 0.3) is 5.56 Å². The number of benzene rings is 1. The molecule has 2 aromatic rings. The first-order valence-corrected chi connectivity index (χ1v) is 12.1. The molecule has 36 heavy (non-hydrogen) atoms. The topological polar surface area (TPSA) is 104 Å². The van der Waals surface area contributed by atoms with Gasteiger partial charge < -0.3 is 25.2 Å². The molecule has 1 aromatic carbocycles. The molecule has 4 atom stereocenters. The number of anilines is 1. The van der Waals surface area contributed by atoms with E-state index in [9.17, 15) is 28.3 Å². The van der Waals surface area contributed by atoms with E-state index in [0.29, 0.717) is 23.7 Å². The van der Waals surface area contributed by atoms with E-state index in [1.807, 2.05) is 0 Å². The van der Waals surface area contributed by atoms with Gasteiger partial charge in [-0.3, -0.25) is 9.59 Å². The number of pyridine rings is 1. The number of aliphatic hydroxyl groups is 1. The number of carbonyl (C=O) groups excluding carboxylic acids is 2. The fourth-order valence-corrected chi connectivity index (χ4v) is 5.47. The lowest BCUT2D eigenvalue weighted by molar-refractivity contribution is -0.127. The van der Waals surface area contributed by atoms with E-state index in [1.54, 1.807) is 35.8 Å². The summed E-state index contributed by atoms with van der Waals surface area (Å²) in [5.74, 6) is -2.87. The van der Waals surface area contributed by atoms with Crippen LogP contribution in [0.2, 0.25) is 0 Å². The minimum atomic E-state index is -0.871. The highest BCUT2D eigenvalue weighted by Crippen LogP contribution is 2.48. The lowest BCUT2D eigenvalue weighted by Crippen LogP contribution is -2.50. The van der Waals surface area contributed by atoms with Gasteiger partial charge in [-0.25, -0.2) is 13.6 Å². The van der Waals surface area contributed by atoms with Gasteiger partial charge in [-0.1, -0.05) is 12.2 Å². The lowest BCUT2D eigenvalue weighted by Gasteiger charge is -2.38. The summed E-state index contributed by atoms with van der Waals surface area (Å²) in [6.45, 7) is 1.99. The van der Waals surface area contributed by atoms with Crippen molar-refractivity contribution in [3.63, 3.8) is 0 Å². The maximum Gasteiger partial charge on any atom is 0.322 e. The SMILES string of the molecule is C/C=C/c1ccc2n(c1=O)C[C@H]1[C@H](CO)[C@@H](C(=O)NCC3CC3)[C@@H]2N1C(=O)Nc1cc(F)ccc1F. The lowest BCUT2D eigenvalue weighted by atomic mass is 9.86. The first-order valence-electron chi connectivity index (χ1n) is 12.1. The van der Waals surface area contributed by atoms with Crippen molar-refractivity contribution < 1.29 is 23.5 Å². The number of hydrogen-bond acceptors (Lipinski definition) is 4. The molecule has 0 spiro atoms. The van der Waals surface area contributed by atoms with Crippen LogP contribution >= 0.6 is 0 Å². The van der Waals surface area contributed by atoms with Crippen LogP contribution in [-0.4, -0.2) is 45.7 Å². The summed E-state index contributed by atoms with van der Waals surface area (Å²) < 4.78 is 29.6. The zero-order valence-electron chi connectivity index (χ0n) is 19.8. The largest absolute Gasteiger partial charge is 0.396 e. The predicted molar refractivity (Wildman–Crippen MR) is 129 cm³/mol. The Bertz CT molecular complexity index is 1290. The molecule has 0 unspecified atom stereocenters. The van der Waals surface area contributed by atoms with Crippen LogP contribution in [0.5, 0.6) is 0 Å². The number of aliphatic hydroxyl groups excluding tert-OH is 1. The molecule has 1 saturated carbocycles. The summed E-state index contributed by atoms with van der Waals surface area (Å²) >= 11 is 0. The van der Waals surface area contributed by atoms with Gasteiger partial charge in [0.05, 0.1) is 23.7 Å². The summed E-state index contributed by atoms with van der Waals surface area (Å²) in [7, 11) is 0. The van der Waals surface area contributed by atoms with Crippen molar-refractivity contribution in [3.8, 4) is 0 Å². The predicted octanol–water partition coefficient (Wildman–Crippen LogP) is 2.88. The van der Waals surface area contributed by atoms with E-state index in [-0.39, 0.29) is 30.3 Å². The van der Waals surface area contributed by atoms with E-state index in [0.717, 1.165) is 31.0 Å². The average molecular weight is 499 g/mol. The molecule has 0 radical (unpaired) electrons. The van der Waals surface area contributed by atoms with Crippen LogP contribution in [0, 0.1) is 29.4 Å². The van der Waals surface area contributed by atoms with Crippen molar-refractivity contribution in [2.75, 3.05) is 18.5 Å². The highest BCUT2D eigenvalue weighted by atomic mass is 19.1. The van der Waals surface area contributed by atoms with E-state index in [1.165, 1.54) is 4.90 Å². The van der Waals surface area contributed by atoms with Gasteiger partial charge in [-0.15, -0.1) is 0 Å². The second-order valence-corrected chi connectivity index (χ2v) is 9.66. The fraction of sp³-hybridized carbons (Fsp3) is 0.423. The Labute approximate surface area is 206 Å². The normalized spacial score (nSPS) is 24.6. The second kappa shape index (κ2) is 9.50. The Morgan fingerprint density at radius 1 is 1.19 bits per heavy atom.